The van der Waals surface area contributed by atoms with E-state index in [9.17, 15) is 9.90 Å². The lowest BCUT2D eigenvalue weighted by molar-refractivity contribution is -0.255. The van der Waals surface area contributed by atoms with Gasteiger partial charge in [0.2, 0.25) is 0 Å². The molecule has 0 saturated carbocycles. The van der Waals surface area contributed by atoms with Gasteiger partial charge in [-0.3, -0.25) is 4.98 Å². The van der Waals surface area contributed by atoms with Crippen molar-refractivity contribution in [3.05, 3.63) is 27.5 Å². The van der Waals surface area contributed by atoms with Crippen molar-refractivity contribution >= 4 is 29.2 Å². The van der Waals surface area contributed by atoms with Crippen molar-refractivity contribution < 1.29 is 15.0 Å². The number of rotatable bonds is 2. The smallest absolute Gasteiger partial charge is 0.105 e. The van der Waals surface area contributed by atoms with Crippen LogP contribution in [-0.4, -0.2) is 16.1 Å². The van der Waals surface area contributed by atoms with Crippen molar-refractivity contribution in [2.24, 2.45) is 0 Å². The van der Waals surface area contributed by atoms with Gasteiger partial charge in [0.05, 0.1) is 22.6 Å². The first kappa shape index (κ1) is 10.2. The second-order valence-electron chi connectivity index (χ2n) is 2.19. The average molecular weight is 221 g/mol. The van der Waals surface area contributed by atoms with E-state index in [1.165, 1.54) is 0 Å². The summed E-state index contributed by atoms with van der Waals surface area (Å²) in [7, 11) is 0. The first-order valence-corrected chi connectivity index (χ1v) is 3.98. The number of aromatic carboxylic acids is 1. The Morgan fingerprint density at radius 1 is 1.62 bits per heavy atom. The molecule has 0 fully saturated rings. The van der Waals surface area contributed by atoms with Crippen LogP contribution in [0.25, 0.3) is 0 Å². The third kappa shape index (κ3) is 1.91. The van der Waals surface area contributed by atoms with Crippen molar-refractivity contribution in [2.75, 3.05) is 0 Å². The van der Waals surface area contributed by atoms with E-state index in [-0.39, 0.29) is 15.6 Å². The molecule has 0 aromatic carbocycles. The van der Waals surface area contributed by atoms with Crippen LogP contribution in [0, 0.1) is 0 Å². The van der Waals surface area contributed by atoms with Gasteiger partial charge in [-0.05, 0) is 0 Å². The molecular formula is C7H4Cl2NO3-. The van der Waals surface area contributed by atoms with E-state index < -0.39 is 18.3 Å². The molecule has 0 aliphatic carbocycles. The summed E-state index contributed by atoms with van der Waals surface area (Å²) in [4.78, 5) is 13.9. The maximum atomic E-state index is 10.4. The first-order valence-electron chi connectivity index (χ1n) is 3.23. The fourth-order valence-corrected chi connectivity index (χ4v) is 1.33. The summed E-state index contributed by atoms with van der Waals surface area (Å²) in [6.07, 6.45) is 1.10. The molecule has 0 aliphatic rings. The number of nitrogens with zero attached hydrogens (tertiary/aromatic N) is 1. The Labute approximate surface area is 83.7 Å². The third-order valence-corrected chi connectivity index (χ3v) is 2.15. The van der Waals surface area contributed by atoms with E-state index in [1.54, 1.807) is 0 Å². The van der Waals surface area contributed by atoms with E-state index in [2.05, 4.69) is 4.98 Å². The number of aliphatic hydroxyl groups excluding tert-OH is 1. The molecule has 0 radical (unpaired) electrons. The summed E-state index contributed by atoms with van der Waals surface area (Å²) in [5.74, 6) is -1.50. The number of carboxylic acids is 1. The Hall–Kier alpha value is -0.840. The van der Waals surface area contributed by atoms with Crippen molar-refractivity contribution in [2.45, 2.75) is 6.61 Å². The second-order valence-corrected chi connectivity index (χ2v) is 2.98. The normalized spacial score (nSPS) is 10.1. The van der Waals surface area contributed by atoms with E-state index >= 15 is 0 Å². The molecule has 70 valence electrons. The zero-order chi connectivity index (χ0) is 10.0. The molecule has 0 spiro atoms. The van der Waals surface area contributed by atoms with E-state index in [0.29, 0.717) is 0 Å². The second kappa shape index (κ2) is 3.91. The summed E-state index contributed by atoms with van der Waals surface area (Å²) in [6.45, 7) is -0.444. The van der Waals surface area contributed by atoms with Crippen LogP contribution in [0.4, 0.5) is 0 Å². The van der Waals surface area contributed by atoms with Gasteiger partial charge in [-0.25, -0.2) is 0 Å². The topological polar surface area (TPSA) is 73.2 Å². The number of hydrogen-bond donors (Lipinski definition) is 1. The molecule has 0 unspecified atom stereocenters. The van der Waals surface area contributed by atoms with Gasteiger partial charge < -0.3 is 15.0 Å². The molecule has 1 heterocycles. The molecule has 0 bridgehead atoms. The predicted octanol–water partition coefficient (Wildman–Crippen LogP) is 0.244. The number of pyridine rings is 1. The molecule has 1 rings (SSSR count). The van der Waals surface area contributed by atoms with Gasteiger partial charge >= 0.3 is 0 Å². The predicted molar refractivity (Wildman–Crippen MR) is 44.5 cm³/mol. The fourth-order valence-electron chi connectivity index (χ4n) is 0.791. The highest BCUT2D eigenvalue weighted by molar-refractivity contribution is 6.37. The zero-order valence-electron chi connectivity index (χ0n) is 6.25. The molecule has 1 N–H and O–H groups in total. The number of carbonyl (C=O) groups is 1. The van der Waals surface area contributed by atoms with Gasteiger partial charge in [-0.15, -0.1) is 0 Å². The molecule has 4 nitrogen and oxygen atoms in total. The maximum Gasteiger partial charge on any atom is 0.105 e. The van der Waals surface area contributed by atoms with Crippen molar-refractivity contribution in [3.8, 4) is 0 Å². The average Bonchev–Trinajstić information content (AvgIpc) is 2.04. The lowest BCUT2D eigenvalue weighted by atomic mass is 10.2. The van der Waals surface area contributed by atoms with E-state index in [1.807, 2.05) is 0 Å². The van der Waals surface area contributed by atoms with Gasteiger partial charge in [-0.2, -0.15) is 0 Å². The van der Waals surface area contributed by atoms with Gasteiger partial charge in [0.15, 0.2) is 0 Å². The summed E-state index contributed by atoms with van der Waals surface area (Å²) in [6, 6.07) is 0. The number of aromatic nitrogens is 1. The van der Waals surface area contributed by atoms with Crippen LogP contribution in [0.5, 0.6) is 0 Å². The minimum absolute atomic E-state index is 0.123. The van der Waals surface area contributed by atoms with Gasteiger partial charge in [-0.1, -0.05) is 23.2 Å². The first-order chi connectivity index (χ1) is 6.07. The Morgan fingerprint density at radius 2 is 2.23 bits per heavy atom. The van der Waals surface area contributed by atoms with Crippen LogP contribution in [0.1, 0.15) is 16.1 Å². The van der Waals surface area contributed by atoms with Crippen LogP contribution >= 0.6 is 23.2 Å². The highest BCUT2D eigenvalue weighted by Crippen LogP contribution is 2.25. The van der Waals surface area contributed by atoms with Crippen LogP contribution in [0.2, 0.25) is 10.0 Å². The Morgan fingerprint density at radius 3 is 2.69 bits per heavy atom. The number of aliphatic hydroxyl groups is 1. The zero-order valence-corrected chi connectivity index (χ0v) is 7.76. The van der Waals surface area contributed by atoms with Crippen LogP contribution in [0.15, 0.2) is 6.20 Å². The molecule has 0 saturated heterocycles. The van der Waals surface area contributed by atoms with Gasteiger partial charge in [0, 0.05) is 11.8 Å². The van der Waals surface area contributed by atoms with Gasteiger partial charge in [0.25, 0.3) is 0 Å². The monoisotopic (exact) mass is 220 g/mol. The Balaban J connectivity index is 3.35. The van der Waals surface area contributed by atoms with Crippen LogP contribution in [-0.2, 0) is 6.61 Å². The molecular weight excluding hydrogens is 217 g/mol. The number of carbonyl (C=O) groups excluding carboxylic acids is 1. The summed E-state index contributed by atoms with van der Waals surface area (Å²) < 4.78 is 0. The van der Waals surface area contributed by atoms with Crippen LogP contribution < -0.4 is 5.11 Å². The van der Waals surface area contributed by atoms with E-state index in [0.717, 1.165) is 6.20 Å². The summed E-state index contributed by atoms with van der Waals surface area (Å²) >= 11 is 11.2. The molecule has 6 heteroatoms. The Kier molecular flexibility index (Phi) is 3.08. The lowest BCUT2D eigenvalue weighted by Gasteiger charge is -2.08. The molecule has 1 aromatic heterocycles. The Bertz CT molecular complexity index is 354. The third-order valence-electron chi connectivity index (χ3n) is 1.42. The number of hydrogen-bond acceptors (Lipinski definition) is 4. The molecule has 0 atom stereocenters. The lowest BCUT2D eigenvalue weighted by Crippen LogP contribution is -2.24. The largest absolute Gasteiger partial charge is 0.543 e. The van der Waals surface area contributed by atoms with Crippen molar-refractivity contribution in [3.63, 3.8) is 0 Å². The van der Waals surface area contributed by atoms with E-state index in [4.69, 9.17) is 28.3 Å². The fraction of sp³-hybridized carbons (Fsp3) is 0.143. The standard InChI is InChI=1S/C7H5Cl2NO3/c8-4-1-10-6(7(12)13)5(9)3(4)2-11/h1,11H,2H2,(H,12,13)/p-1. The van der Waals surface area contributed by atoms with Crippen molar-refractivity contribution in [1.29, 1.82) is 0 Å². The summed E-state index contributed by atoms with van der Waals surface area (Å²) in [5.41, 5.74) is -0.285. The molecule has 13 heavy (non-hydrogen) atoms. The highest BCUT2D eigenvalue weighted by Gasteiger charge is 2.11. The summed E-state index contributed by atoms with van der Waals surface area (Å²) in [5, 5.41) is 19.2. The van der Waals surface area contributed by atoms with Crippen molar-refractivity contribution in [1.82, 2.24) is 4.98 Å². The highest BCUT2D eigenvalue weighted by atomic mass is 35.5. The number of carboxylic acid groups (broad SMARTS) is 1. The SMILES string of the molecule is O=C([O-])c1ncc(Cl)c(CO)c1Cl. The quantitative estimate of drug-likeness (QED) is 0.776. The maximum absolute atomic E-state index is 10.4. The minimum Gasteiger partial charge on any atom is -0.543 e. The minimum atomic E-state index is -1.50. The molecule has 0 amide bonds. The van der Waals surface area contributed by atoms with Gasteiger partial charge in [0.1, 0.15) is 5.69 Å². The van der Waals surface area contributed by atoms with Crippen LogP contribution in [0.3, 0.4) is 0 Å². The number of halogens is 2. The molecule has 0 aliphatic heterocycles. The molecule has 1 aromatic rings.